The quantitative estimate of drug-likeness (QED) is 0.556. The summed E-state index contributed by atoms with van der Waals surface area (Å²) in [6, 6.07) is 11.3. The number of nitrogens with one attached hydrogen (secondary N) is 1. The number of halogens is 2. The van der Waals surface area contributed by atoms with Gasteiger partial charge >= 0.3 is 0 Å². The molecule has 8 heteroatoms. The Hall–Kier alpha value is -2.03. The van der Waals surface area contributed by atoms with Gasteiger partial charge in [0.2, 0.25) is 15.7 Å². The minimum Gasteiger partial charge on any atom is -0.324 e. The van der Waals surface area contributed by atoms with Crippen molar-refractivity contribution in [2.45, 2.75) is 29.1 Å². The number of sulfone groups is 1. The number of anilines is 1. The van der Waals surface area contributed by atoms with Crippen molar-refractivity contribution in [2.75, 3.05) is 5.32 Å². The third kappa shape index (κ3) is 3.29. The Morgan fingerprint density at radius 3 is 2.71 bits per heavy atom. The van der Waals surface area contributed by atoms with Crippen LogP contribution in [0, 0.1) is 12.7 Å². The zero-order valence-electron chi connectivity index (χ0n) is 14.7. The zero-order valence-corrected chi connectivity index (χ0v) is 17.9. The van der Waals surface area contributed by atoms with Crippen molar-refractivity contribution in [1.82, 2.24) is 0 Å². The minimum absolute atomic E-state index is 0.0947. The Morgan fingerprint density at radius 2 is 2.00 bits per heavy atom. The van der Waals surface area contributed by atoms with Crippen LogP contribution in [0.15, 0.2) is 62.1 Å². The number of carbonyl (C=O) groups is 1. The highest BCUT2D eigenvalue weighted by Gasteiger charge is 2.34. The second kappa shape index (κ2) is 7.09. The van der Waals surface area contributed by atoms with E-state index in [-0.39, 0.29) is 28.0 Å². The molecule has 1 amide bonds. The Morgan fingerprint density at radius 1 is 1.21 bits per heavy atom. The van der Waals surface area contributed by atoms with E-state index in [2.05, 4.69) is 21.2 Å². The van der Waals surface area contributed by atoms with Crippen LogP contribution in [0.3, 0.4) is 0 Å². The second-order valence-electron chi connectivity index (χ2n) is 6.64. The molecule has 1 aliphatic heterocycles. The van der Waals surface area contributed by atoms with Crippen LogP contribution in [0.2, 0.25) is 0 Å². The van der Waals surface area contributed by atoms with Crippen molar-refractivity contribution in [2.24, 2.45) is 0 Å². The highest BCUT2D eigenvalue weighted by Crippen LogP contribution is 2.46. The molecule has 144 valence electrons. The van der Waals surface area contributed by atoms with Gasteiger partial charge in [-0.1, -0.05) is 18.2 Å². The van der Waals surface area contributed by atoms with Crippen LogP contribution in [0.1, 0.15) is 28.3 Å². The average molecular weight is 480 g/mol. The highest BCUT2D eigenvalue weighted by atomic mass is 79.9. The van der Waals surface area contributed by atoms with Crippen LogP contribution in [0.4, 0.5) is 10.1 Å². The Labute approximate surface area is 174 Å². The van der Waals surface area contributed by atoms with Crippen LogP contribution in [-0.4, -0.2) is 14.3 Å². The standard InChI is InChI=1S/C20H15BrFNO3S2/c1-11-3-2-4-13(7-11)28(25,26)17-10-27-20-14(9-18(24)23-19(17)20)12-5-6-16(22)15(21)8-12/h2-8,10,14H,9H2,1H3,(H,23,24)/t14-/m1/s1. The monoisotopic (exact) mass is 479 g/mol. The summed E-state index contributed by atoms with van der Waals surface area (Å²) in [6.07, 6.45) is 0.176. The van der Waals surface area contributed by atoms with E-state index in [1.54, 1.807) is 35.7 Å². The normalized spacial score (nSPS) is 16.5. The topological polar surface area (TPSA) is 63.2 Å². The Kier molecular flexibility index (Phi) is 4.89. The number of rotatable bonds is 3. The third-order valence-corrected chi connectivity index (χ3v) is 8.32. The molecule has 0 spiro atoms. The largest absolute Gasteiger partial charge is 0.324 e. The van der Waals surface area contributed by atoms with Crippen molar-refractivity contribution in [3.8, 4) is 0 Å². The van der Waals surface area contributed by atoms with Crippen LogP contribution in [0.25, 0.3) is 0 Å². The number of thiophene rings is 1. The predicted molar refractivity (Wildman–Crippen MR) is 110 cm³/mol. The lowest BCUT2D eigenvalue weighted by molar-refractivity contribution is -0.116. The van der Waals surface area contributed by atoms with Gasteiger partial charge in [0.1, 0.15) is 10.7 Å². The van der Waals surface area contributed by atoms with Gasteiger partial charge in [-0.2, -0.15) is 0 Å². The van der Waals surface area contributed by atoms with Crippen LogP contribution < -0.4 is 5.32 Å². The molecule has 0 unspecified atom stereocenters. The average Bonchev–Trinajstić information content (AvgIpc) is 3.08. The number of hydrogen-bond donors (Lipinski definition) is 1. The number of hydrogen-bond acceptors (Lipinski definition) is 4. The van der Waals surface area contributed by atoms with Crippen LogP contribution >= 0.6 is 27.3 Å². The zero-order chi connectivity index (χ0) is 20.1. The lowest BCUT2D eigenvalue weighted by Gasteiger charge is -2.24. The molecule has 1 atom stereocenters. The fraction of sp³-hybridized carbons (Fsp3) is 0.150. The summed E-state index contributed by atoms with van der Waals surface area (Å²) < 4.78 is 40.3. The molecule has 0 fully saturated rings. The summed E-state index contributed by atoms with van der Waals surface area (Å²) >= 11 is 4.46. The van der Waals surface area contributed by atoms with Gasteiger partial charge in [-0.05, 0) is 58.2 Å². The van der Waals surface area contributed by atoms with Crippen LogP contribution in [-0.2, 0) is 14.6 Å². The van der Waals surface area contributed by atoms with E-state index in [4.69, 9.17) is 0 Å². The van der Waals surface area contributed by atoms with E-state index in [1.165, 1.54) is 17.4 Å². The van der Waals surface area contributed by atoms with Crippen molar-refractivity contribution in [3.05, 3.63) is 74.1 Å². The smallest absolute Gasteiger partial charge is 0.225 e. The minimum atomic E-state index is -3.78. The Bertz CT molecular complexity index is 1200. The van der Waals surface area contributed by atoms with E-state index in [9.17, 15) is 17.6 Å². The van der Waals surface area contributed by atoms with E-state index >= 15 is 0 Å². The lowest BCUT2D eigenvalue weighted by Crippen LogP contribution is -2.23. The molecule has 4 nitrogen and oxygen atoms in total. The van der Waals surface area contributed by atoms with Crippen molar-refractivity contribution >= 4 is 48.7 Å². The first kappa shape index (κ1) is 19.3. The number of amides is 1. The maximum atomic E-state index is 13.6. The number of carbonyl (C=O) groups excluding carboxylic acids is 1. The first-order chi connectivity index (χ1) is 13.3. The SMILES string of the molecule is Cc1cccc(S(=O)(=O)c2csc3c2NC(=O)C[C@@H]3c2ccc(F)c(Br)c2)c1. The lowest BCUT2D eigenvalue weighted by atomic mass is 9.91. The molecule has 0 radical (unpaired) electrons. The first-order valence-corrected chi connectivity index (χ1v) is 11.6. The first-order valence-electron chi connectivity index (χ1n) is 8.45. The number of aryl methyl sites for hydroxylation is 1. The summed E-state index contributed by atoms with van der Waals surface area (Å²) in [5.74, 6) is -0.984. The molecule has 1 N–H and O–H groups in total. The van der Waals surface area contributed by atoms with Gasteiger partial charge in [-0.25, -0.2) is 12.8 Å². The molecule has 0 saturated heterocycles. The van der Waals surface area contributed by atoms with E-state index in [1.807, 2.05) is 13.0 Å². The molecular weight excluding hydrogens is 465 g/mol. The van der Waals surface area contributed by atoms with E-state index in [0.717, 1.165) is 16.0 Å². The summed E-state index contributed by atoms with van der Waals surface area (Å²) in [5, 5.41) is 4.30. The summed E-state index contributed by atoms with van der Waals surface area (Å²) in [7, 11) is -3.78. The van der Waals surface area contributed by atoms with E-state index in [0.29, 0.717) is 10.2 Å². The summed E-state index contributed by atoms with van der Waals surface area (Å²) in [5.41, 5.74) is 1.92. The summed E-state index contributed by atoms with van der Waals surface area (Å²) in [6.45, 7) is 1.83. The maximum absolute atomic E-state index is 13.6. The molecule has 1 aliphatic rings. The number of fused-ring (bicyclic) bond motifs is 1. The van der Waals surface area contributed by atoms with Crippen molar-refractivity contribution < 1.29 is 17.6 Å². The van der Waals surface area contributed by atoms with Gasteiger partial charge in [-0.15, -0.1) is 11.3 Å². The molecule has 0 saturated carbocycles. The molecule has 3 aromatic rings. The molecule has 2 aromatic carbocycles. The van der Waals surface area contributed by atoms with Crippen molar-refractivity contribution in [3.63, 3.8) is 0 Å². The Balaban J connectivity index is 1.84. The predicted octanol–water partition coefficient (Wildman–Crippen LogP) is 5.27. The van der Waals surface area contributed by atoms with Gasteiger partial charge in [-0.3, -0.25) is 4.79 Å². The third-order valence-electron chi connectivity index (χ3n) is 4.69. The number of benzene rings is 2. The van der Waals surface area contributed by atoms with E-state index < -0.39 is 15.7 Å². The molecule has 4 rings (SSSR count). The maximum Gasteiger partial charge on any atom is 0.225 e. The van der Waals surface area contributed by atoms with Crippen LogP contribution in [0.5, 0.6) is 0 Å². The van der Waals surface area contributed by atoms with Gasteiger partial charge in [0, 0.05) is 22.6 Å². The fourth-order valence-electron chi connectivity index (χ4n) is 3.31. The highest BCUT2D eigenvalue weighted by molar-refractivity contribution is 9.10. The summed E-state index contributed by atoms with van der Waals surface area (Å²) in [4.78, 5) is 13.4. The molecule has 0 aliphatic carbocycles. The molecular formula is C20H15BrFNO3S2. The molecule has 2 heterocycles. The van der Waals surface area contributed by atoms with Gasteiger partial charge < -0.3 is 5.32 Å². The molecule has 1 aromatic heterocycles. The molecule has 0 bridgehead atoms. The fourth-order valence-corrected chi connectivity index (χ4v) is 6.72. The second-order valence-corrected chi connectivity index (χ2v) is 10.3. The van der Waals surface area contributed by atoms with Crippen molar-refractivity contribution in [1.29, 1.82) is 0 Å². The molecule has 28 heavy (non-hydrogen) atoms. The van der Waals surface area contributed by atoms with Gasteiger partial charge in [0.05, 0.1) is 15.1 Å². The van der Waals surface area contributed by atoms with Gasteiger partial charge in [0.15, 0.2) is 0 Å². The van der Waals surface area contributed by atoms with Gasteiger partial charge in [0.25, 0.3) is 0 Å².